The first-order chi connectivity index (χ1) is 13.8. The van der Waals surface area contributed by atoms with Crippen LogP contribution in [-0.2, 0) is 19.1 Å². The zero-order valence-corrected chi connectivity index (χ0v) is 18.1. The molecular formula is C23H36N2O4. The molecule has 2 amide bonds. The minimum atomic E-state index is -1.02. The summed E-state index contributed by atoms with van der Waals surface area (Å²) in [6, 6.07) is -0.513. The van der Waals surface area contributed by atoms with Crippen molar-refractivity contribution >= 4 is 17.8 Å². The quantitative estimate of drug-likeness (QED) is 0.424. The van der Waals surface area contributed by atoms with E-state index in [1.807, 2.05) is 6.08 Å². The maximum atomic E-state index is 12.9. The van der Waals surface area contributed by atoms with E-state index in [1.165, 1.54) is 7.11 Å². The van der Waals surface area contributed by atoms with Crippen LogP contribution in [0, 0.1) is 17.8 Å². The maximum absolute atomic E-state index is 12.9. The molecule has 1 aliphatic heterocycles. The second kappa shape index (κ2) is 10.1. The molecule has 5 unspecified atom stereocenters. The zero-order valence-electron chi connectivity index (χ0n) is 18.1. The molecule has 2 rings (SSSR count). The molecule has 162 valence electrons. The van der Waals surface area contributed by atoms with Gasteiger partial charge in [0.05, 0.1) is 7.11 Å². The molecule has 5 atom stereocenters. The molecule has 2 aliphatic rings. The SMILES string of the molecule is C=CCCC(C)CC(C)CC(=O)N1CCCC1C(=O)NC1(C(=O)OC)CC1C=C. The Labute approximate surface area is 174 Å². The molecule has 1 aliphatic carbocycles. The van der Waals surface area contributed by atoms with E-state index in [9.17, 15) is 14.4 Å². The number of ether oxygens (including phenoxy) is 1. The van der Waals surface area contributed by atoms with Crippen LogP contribution in [0.5, 0.6) is 0 Å². The van der Waals surface area contributed by atoms with Crippen molar-refractivity contribution in [1.29, 1.82) is 0 Å². The number of allylic oxidation sites excluding steroid dienone is 1. The number of hydrogen-bond donors (Lipinski definition) is 1. The van der Waals surface area contributed by atoms with Crippen LogP contribution in [0.25, 0.3) is 0 Å². The lowest BCUT2D eigenvalue weighted by Gasteiger charge is -2.27. The summed E-state index contributed by atoms with van der Waals surface area (Å²) in [5.41, 5.74) is -1.02. The standard InChI is InChI=1S/C23H36N2O4/c1-6-8-10-16(3)13-17(4)14-20(26)25-12-9-11-19(25)21(27)24-23(22(28)29-5)15-18(23)7-2/h6-7,16-19H,1-2,8-15H2,3-5H3,(H,24,27). The highest BCUT2D eigenvalue weighted by atomic mass is 16.5. The molecule has 1 saturated carbocycles. The molecule has 6 nitrogen and oxygen atoms in total. The van der Waals surface area contributed by atoms with Gasteiger partial charge in [0, 0.05) is 18.9 Å². The van der Waals surface area contributed by atoms with Crippen LogP contribution in [0.4, 0.5) is 0 Å². The minimum absolute atomic E-state index is 0.0225. The number of esters is 1. The molecule has 1 heterocycles. The summed E-state index contributed by atoms with van der Waals surface area (Å²) in [4.78, 5) is 39.7. The Bertz CT molecular complexity index is 647. The lowest BCUT2D eigenvalue weighted by molar-refractivity contribution is -0.148. The van der Waals surface area contributed by atoms with Crippen molar-refractivity contribution in [3.8, 4) is 0 Å². The van der Waals surface area contributed by atoms with E-state index in [1.54, 1.807) is 11.0 Å². The monoisotopic (exact) mass is 404 g/mol. The molecule has 0 radical (unpaired) electrons. The third kappa shape index (κ3) is 5.49. The van der Waals surface area contributed by atoms with E-state index >= 15 is 0 Å². The van der Waals surface area contributed by atoms with Crippen molar-refractivity contribution in [2.45, 2.75) is 70.4 Å². The molecule has 2 fully saturated rings. The van der Waals surface area contributed by atoms with Gasteiger partial charge >= 0.3 is 5.97 Å². The summed E-state index contributed by atoms with van der Waals surface area (Å²) in [6.07, 6.45) is 9.01. The maximum Gasteiger partial charge on any atom is 0.332 e. The van der Waals surface area contributed by atoms with Crippen molar-refractivity contribution in [3.63, 3.8) is 0 Å². The van der Waals surface area contributed by atoms with Gasteiger partial charge in [-0.1, -0.05) is 26.0 Å². The number of nitrogens with zero attached hydrogens (tertiary/aromatic N) is 1. The third-order valence-electron chi connectivity index (χ3n) is 6.26. The Morgan fingerprint density at radius 3 is 2.59 bits per heavy atom. The second-order valence-electron chi connectivity index (χ2n) is 8.76. The lowest BCUT2D eigenvalue weighted by atomic mass is 9.91. The van der Waals surface area contributed by atoms with Gasteiger partial charge in [-0.3, -0.25) is 9.59 Å². The predicted molar refractivity (Wildman–Crippen MR) is 113 cm³/mol. The second-order valence-corrected chi connectivity index (χ2v) is 8.76. The Morgan fingerprint density at radius 1 is 1.28 bits per heavy atom. The first kappa shape index (κ1) is 23.2. The van der Waals surface area contributed by atoms with Gasteiger partial charge in [0.15, 0.2) is 0 Å². The highest BCUT2D eigenvalue weighted by Gasteiger charge is 2.61. The number of carbonyl (C=O) groups excluding carboxylic acids is 3. The van der Waals surface area contributed by atoms with Gasteiger partial charge in [-0.15, -0.1) is 13.2 Å². The highest BCUT2D eigenvalue weighted by Crippen LogP contribution is 2.45. The van der Waals surface area contributed by atoms with Crippen LogP contribution in [0.2, 0.25) is 0 Å². The van der Waals surface area contributed by atoms with Crippen molar-refractivity contribution in [1.82, 2.24) is 10.2 Å². The summed E-state index contributed by atoms with van der Waals surface area (Å²) >= 11 is 0. The number of rotatable bonds is 11. The Balaban J connectivity index is 1.93. The van der Waals surface area contributed by atoms with Gasteiger partial charge in [0.1, 0.15) is 11.6 Å². The minimum Gasteiger partial charge on any atom is -0.467 e. The highest BCUT2D eigenvalue weighted by molar-refractivity contribution is 5.95. The van der Waals surface area contributed by atoms with Crippen molar-refractivity contribution in [2.75, 3.05) is 13.7 Å². The van der Waals surface area contributed by atoms with Crippen LogP contribution < -0.4 is 5.32 Å². The first-order valence-corrected chi connectivity index (χ1v) is 10.7. The van der Waals surface area contributed by atoms with E-state index < -0.39 is 17.6 Å². The van der Waals surface area contributed by atoms with Crippen molar-refractivity contribution in [3.05, 3.63) is 25.3 Å². The van der Waals surface area contributed by atoms with E-state index in [2.05, 4.69) is 32.3 Å². The van der Waals surface area contributed by atoms with Gasteiger partial charge in [-0.2, -0.15) is 0 Å². The van der Waals surface area contributed by atoms with Gasteiger partial charge in [0.25, 0.3) is 0 Å². The van der Waals surface area contributed by atoms with Gasteiger partial charge in [0.2, 0.25) is 11.8 Å². The molecule has 6 heteroatoms. The Kier molecular flexibility index (Phi) is 8.05. The average molecular weight is 405 g/mol. The van der Waals surface area contributed by atoms with Crippen molar-refractivity contribution < 1.29 is 19.1 Å². The first-order valence-electron chi connectivity index (χ1n) is 10.7. The molecule has 0 spiro atoms. The molecule has 0 aromatic heterocycles. The average Bonchev–Trinajstić information content (AvgIpc) is 3.17. The third-order valence-corrected chi connectivity index (χ3v) is 6.26. The predicted octanol–water partition coefficient (Wildman–Crippen LogP) is 3.23. The summed E-state index contributed by atoms with van der Waals surface area (Å²) in [7, 11) is 1.32. The van der Waals surface area contributed by atoms with Crippen molar-refractivity contribution in [2.24, 2.45) is 17.8 Å². The number of nitrogens with one attached hydrogen (secondary N) is 1. The summed E-state index contributed by atoms with van der Waals surface area (Å²) < 4.78 is 4.88. The smallest absolute Gasteiger partial charge is 0.332 e. The topological polar surface area (TPSA) is 75.7 Å². The van der Waals surface area contributed by atoms with Gasteiger partial charge < -0.3 is 15.0 Å². The van der Waals surface area contributed by atoms with Gasteiger partial charge in [-0.25, -0.2) is 4.79 Å². The van der Waals surface area contributed by atoms with E-state index in [0.717, 1.165) is 25.7 Å². The fourth-order valence-corrected chi connectivity index (χ4v) is 4.53. The number of hydrogen-bond acceptors (Lipinski definition) is 4. The normalized spacial score (nSPS) is 27.6. The van der Waals surface area contributed by atoms with Gasteiger partial charge in [-0.05, 0) is 50.4 Å². The number of likely N-dealkylation sites (tertiary alicyclic amines) is 1. The van der Waals surface area contributed by atoms with E-state index in [0.29, 0.717) is 31.7 Å². The van der Waals surface area contributed by atoms with E-state index in [4.69, 9.17) is 4.74 Å². The van der Waals surface area contributed by atoms with Crippen LogP contribution in [0.15, 0.2) is 25.3 Å². The number of amides is 2. The molecule has 29 heavy (non-hydrogen) atoms. The van der Waals surface area contributed by atoms with Crippen LogP contribution in [0.1, 0.15) is 58.8 Å². The molecule has 0 aromatic rings. The molecule has 0 aromatic carbocycles. The van der Waals surface area contributed by atoms with Crippen LogP contribution >= 0.6 is 0 Å². The molecule has 1 saturated heterocycles. The molecule has 0 bridgehead atoms. The number of carbonyl (C=O) groups is 3. The van der Waals surface area contributed by atoms with Crippen LogP contribution in [0.3, 0.4) is 0 Å². The largest absolute Gasteiger partial charge is 0.467 e. The van der Waals surface area contributed by atoms with Crippen LogP contribution in [-0.4, -0.2) is 47.9 Å². The Morgan fingerprint density at radius 2 is 2.00 bits per heavy atom. The lowest BCUT2D eigenvalue weighted by Crippen LogP contribution is -2.53. The fraction of sp³-hybridized carbons (Fsp3) is 0.696. The summed E-state index contributed by atoms with van der Waals surface area (Å²) in [5, 5.41) is 2.87. The Hall–Kier alpha value is -2.11. The fourth-order valence-electron chi connectivity index (χ4n) is 4.53. The molecule has 1 N–H and O–H groups in total. The summed E-state index contributed by atoms with van der Waals surface area (Å²) in [5.74, 6) is -0.0112. The van der Waals surface area contributed by atoms with E-state index in [-0.39, 0.29) is 23.7 Å². The summed E-state index contributed by atoms with van der Waals surface area (Å²) in [6.45, 7) is 12.4. The number of methoxy groups -OCH3 is 1. The zero-order chi connectivity index (χ0) is 21.6. The molecular weight excluding hydrogens is 368 g/mol.